The fourth-order valence-corrected chi connectivity index (χ4v) is 3.82. The second-order valence-electron chi connectivity index (χ2n) is 6.89. The predicted octanol–water partition coefficient (Wildman–Crippen LogP) is 2.43. The number of likely N-dealkylation sites (tertiary alicyclic amines) is 2. The highest BCUT2D eigenvalue weighted by atomic mass is 16.6. The molecule has 23 heavy (non-hydrogen) atoms. The van der Waals surface area contributed by atoms with E-state index in [1.165, 1.54) is 6.07 Å². The molecule has 6 heteroatoms. The molecule has 0 bridgehead atoms. The largest absolute Gasteiger partial charge is 0.342 e. The lowest BCUT2D eigenvalue weighted by Gasteiger charge is -2.39. The molecular formula is C17H23N3O3. The van der Waals surface area contributed by atoms with E-state index in [9.17, 15) is 14.9 Å². The third-order valence-electron chi connectivity index (χ3n) is 5.33. The smallest absolute Gasteiger partial charge is 0.269 e. The topological polar surface area (TPSA) is 66.7 Å². The summed E-state index contributed by atoms with van der Waals surface area (Å²) in [5.41, 5.74) is 1.45. The van der Waals surface area contributed by atoms with Crippen molar-refractivity contribution < 1.29 is 9.72 Å². The number of rotatable bonds is 3. The van der Waals surface area contributed by atoms with Gasteiger partial charge >= 0.3 is 0 Å². The lowest BCUT2D eigenvalue weighted by molar-refractivity contribution is -0.384. The van der Waals surface area contributed by atoms with Gasteiger partial charge in [0.15, 0.2) is 0 Å². The molecule has 124 valence electrons. The van der Waals surface area contributed by atoms with Gasteiger partial charge < -0.3 is 4.90 Å². The van der Waals surface area contributed by atoms with Crippen molar-refractivity contribution in [1.29, 1.82) is 0 Å². The van der Waals surface area contributed by atoms with Crippen LogP contribution in [0.25, 0.3) is 0 Å². The van der Waals surface area contributed by atoms with Crippen molar-refractivity contribution in [1.82, 2.24) is 9.80 Å². The molecule has 2 aliphatic heterocycles. The van der Waals surface area contributed by atoms with Crippen LogP contribution in [0.5, 0.6) is 0 Å². The van der Waals surface area contributed by atoms with E-state index in [0.29, 0.717) is 5.41 Å². The monoisotopic (exact) mass is 317 g/mol. The molecule has 2 aliphatic rings. The number of nitro groups is 1. The quantitative estimate of drug-likeness (QED) is 0.634. The number of hydrogen-bond donors (Lipinski definition) is 0. The van der Waals surface area contributed by atoms with Gasteiger partial charge in [0.2, 0.25) is 5.91 Å². The predicted molar refractivity (Wildman–Crippen MR) is 86.9 cm³/mol. The van der Waals surface area contributed by atoms with E-state index in [1.807, 2.05) is 11.0 Å². The third kappa shape index (κ3) is 3.52. The Morgan fingerprint density at radius 1 is 1.26 bits per heavy atom. The number of non-ortho nitro benzene ring substituents is 1. The maximum Gasteiger partial charge on any atom is 0.269 e. The average molecular weight is 317 g/mol. The van der Waals surface area contributed by atoms with Crippen LogP contribution in [0.4, 0.5) is 5.69 Å². The van der Waals surface area contributed by atoms with E-state index in [-0.39, 0.29) is 16.5 Å². The number of benzene rings is 1. The minimum Gasteiger partial charge on any atom is -0.342 e. The Balaban J connectivity index is 1.57. The molecule has 1 aromatic carbocycles. The molecule has 0 aliphatic carbocycles. The molecule has 0 N–H and O–H groups in total. The maximum absolute atomic E-state index is 11.5. The van der Waals surface area contributed by atoms with Crippen LogP contribution in [0.1, 0.15) is 31.7 Å². The number of hydrogen-bond acceptors (Lipinski definition) is 4. The molecule has 2 saturated heterocycles. The Morgan fingerprint density at radius 3 is 2.57 bits per heavy atom. The van der Waals surface area contributed by atoms with Crippen molar-refractivity contribution in [3.8, 4) is 0 Å². The van der Waals surface area contributed by atoms with Gasteiger partial charge in [0.05, 0.1) is 4.92 Å². The molecule has 0 saturated carbocycles. The van der Waals surface area contributed by atoms with Crippen LogP contribution in [0.2, 0.25) is 0 Å². The van der Waals surface area contributed by atoms with Gasteiger partial charge in [-0.3, -0.25) is 19.8 Å². The Kier molecular flexibility index (Phi) is 4.35. The van der Waals surface area contributed by atoms with Gasteiger partial charge in [0, 0.05) is 38.7 Å². The minimum absolute atomic E-state index is 0.156. The first-order valence-corrected chi connectivity index (χ1v) is 8.19. The second kappa shape index (κ2) is 6.28. The molecule has 0 radical (unpaired) electrons. The SMILES string of the molecule is CC(=O)N1CCC2(CCN(Cc3cccc([N+](=O)[O-])c3)CC2)C1. The van der Waals surface area contributed by atoms with E-state index in [4.69, 9.17) is 0 Å². The van der Waals surface area contributed by atoms with E-state index in [0.717, 1.165) is 57.5 Å². The Bertz CT molecular complexity index is 609. The third-order valence-corrected chi connectivity index (χ3v) is 5.33. The first kappa shape index (κ1) is 15.9. The van der Waals surface area contributed by atoms with Crippen molar-refractivity contribution >= 4 is 11.6 Å². The Hall–Kier alpha value is -1.95. The summed E-state index contributed by atoms with van der Waals surface area (Å²) in [5.74, 6) is 0.181. The molecule has 0 unspecified atom stereocenters. The van der Waals surface area contributed by atoms with Gasteiger partial charge in [-0.2, -0.15) is 0 Å². The standard InChI is InChI=1S/C17H23N3O3/c1-14(21)19-10-7-17(13-19)5-8-18(9-6-17)12-15-3-2-4-16(11-15)20(22)23/h2-4,11H,5-10,12-13H2,1H3. The number of nitro benzene ring substituents is 1. The first-order chi connectivity index (χ1) is 11.0. The highest BCUT2D eigenvalue weighted by Crippen LogP contribution is 2.40. The molecule has 2 fully saturated rings. The summed E-state index contributed by atoms with van der Waals surface area (Å²) >= 11 is 0. The summed E-state index contributed by atoms with van der Waals surface area (Å²) in [4.78, 5) is 26.4. The lowest BCUT2D eigenvalue weighted by atomic mass is 9.77. The summed E-state index contributed by atoms with van der Waals surface area (Å²) in [5, 5.41) is 10.9. The van der Waals surface area contributed by atoms with Crippen LogP contribution in [0.3, 0.4) is 0 Å². The van der Waals surface area contributed by atoms with Crippen molar-refractivity contribution in [2.45, 2.75) is 32.7 Å². The van der Waals surface area contributed by atoms with Crippen molar-refractivity contribution in [2.75, 3.05) is 26.2 Å². The van der Waals surface area contributed by atoms with Crippen LogP contribution in [0.15, 0.2) is 24.3 Å². The number of nitrogens with zero attached hydrogens (tertiary/aromatic N) is 3. The van der Waals surface area contributed by atoms with Crippen molar-refractivity contribution in [2.24, 2.45) is 5.41 Å². The molecule has 1 amide bonds. The maximum atomic E-state index is 11.5. The van der Waals surface area contributed by atoms with E-state index >= 15 is 0 Å². The highest BCUT2D eigenvalue weighted by Gasteiger charge is 2.41. The zero-order valence-electron chi connectivity index (χ0n) is 13.5. The number of carbonyl (C=O) groups is 1. The molecule has 6 nitrogen and oxygen atoms in total. The molecule has 1 aromatic rings. The van der Waals surface area contributed by atoms with Gasteiger partial charge in [-0.05, 0) is 43.3 Å². The van der Waals surface area contributed by atoms with Gasteiger partial charge in [0.1, 0.15) is 0 Å². The van der Waals surface area contributed by atoms with Crippen LogP contribution >= 0.6 is 0 Å². The molecular weight excluding hydrogens is 294 g/mol. The molecule has 0 atom stereocenters. The fourth-order valence-electron chi connectivity index (χ4n) is 3.82. The number of piperidine rings is 1. The zero-order valence-corrected chi connectivity index (χ0v) is 13.5. The van der Waals surface area contributed by atoms with Crippen molar-refractivity contribution in [3.63, 3.8) is 0 Å². The van der Waals surface area contributed by atoms with E-state index in [1.54, 1.807) is 19.1 Å². The zero-order chi connectivity index (χ0) is 16.4. The fraction of sp³-hybridized carbons (Fsp3) is 0.588. The summed E-state index contributed by atoms with van der Waals surface area (Å²) in [6.45, 7) is 6.18. The normalized spacial score (nSPS) is 20.8. The lowest BCUT2D eigenvalue weighted by Crippen LogP contribution is -2.41. The molecule has 0 aromatic heterocycles. The van der Waals surface area contributed by atoms with Gasteiger partial charge in [-0.1, -0.05) is 12.1 Å². The van der Waals surface area contributed by atoms with Gasteiger partial charge in [-0.25, -0.2) is 0 Å². The van der Waals surface area contributed by atoms with Crippen LogP contribution in [-0.2, 0) is 11.3 Å². The van der Waals surface area contributed by atoms with Gasteiger partial charge in [0.25, 0.3) is 5.69 Å². The number of amides is 1. The Morgan fingerprint density at radius 2 is 1.96 bits per heavy atom. The van der Waals surface area contributed by atoms with Crippen LogP contribution < -0.4 is 0 Å². The Labute approximate surface area is 136 Å². The summed E-state index contributed by atoms with van der Waals surface area (Å²) < 4.78 is 0. The average Bonchev–Trinajstić information content (AvgIpc) is 2.94. The second-order valence-corrected chi connectivity index (χ2v) is 6.89. The summed E-state index contributed by atoms with van der Waals surface area (Å²) in [6, 6.07) is 6.89. The molecule has 1 spiro atoms. The van der Waals surface area contributed by atoms with Crippen LogP contribution in [0, 0.1) is 15.5 Å². The van der Waals surface area contributed by atoms with Crippen LogP contribution in [-0.4, -0.2) is 46.8 Å². The minimum atomic E-state index is -0.344. The highest BCUT2D eigenvalue weighted by molar-refractivity contribution is 5.73. The van der Waals surface area contributed by atoms with E-state index in [2.05, 4.69) is 4.90 Å². The summed E-state index contributed by atoms with van der Waals surface area (Å²) in [7, 11) is 0. The molecule has 2 heterocycles. The number of carbonyl (C=O) groups excluding carboxylic acids is 1. The summed E-state index contributed by atoms with van der Waals surface area (Å²) in [6.07, 6.45) is 3.31. The van der Waals surface area contributed by atoms with Crippen molar-refractivity contribution in [3.05, 3.63) is 39.9 Å². The van der Waals surface area contributed by atoms with E-state index < -0.39 is 0 Å². The first-order valence-electron chi connectivity index (χ1n) is 8.19. The van der Waals surface area contributed by atoms with Gasteiger partial charge in [-0.15, -0.1) is 0 Å². The molecule has 3 rings (SSSR count).